The highest BCUT2D eigenvalue weighted by Gasteiger charge is 2.46. The number of methoxy groups -OCH3 is 2. The van der Waals surface area contributed by atoms with E-state index in [1.165, 1.54) is 12.0 Å². The van der Waals surface area contributed by atoms with Crippen molar-refractivity contribution in [3.63, 3.8) is 0 Å². The van der Waals surface area contributed by atoms with Crippen LogP contribution in [0.25, 0.3) is 5.76 Å². The monoisotopic (exact) mass is 501 g/mol. The number of aryl methyl sites for hydroxylation is 1. The van der Waals surface area contributed by atoms with Crippen molar-refractivity contribution in [1.29, 1.82) is 0 Å². The van der Waals surface area contributed by atoms with Crippen LogP contribution in [-0.4, -0.2) is 49.1 Å². The van der Waals surface area contributed by atoms with Crippen LogP contribution < -0.4 is 9.47 Å². The zero-order valence-electron chi connectivity index (χ0n) is 21.3. The lowest BCUT2D eigenvalue weighted by atomic mass is 9.94. The molecule has 1 unspecified atom stereocenters. The minimum absolute atomic E-state index is 0.0317. The van der Waals surface area contributed by atoms with Crippen LogP contribution in [0.2, 0.25) is 0 Å². The van der Waals surface area contributed by atoms with Crippen molar-refractivity contribution in [2.45, 2.75) is 26.0 Å². The van der Waals surface area contributed by atoms with Gasteiger partial charge in [0.25, 0.3) is 11.7 Å². The molecule has 37 heavy (non-hydrogen) atoms. The molecule has 0 bridgehead atoms. The predicted molar refractivity (Wildman–Crippen MR) is 140 cm³/mol. The van der Waals surface area contributed by atoms with Gasteiger partial charge < -0.3 is 24.2 Å². The molecule has 7 heteroatoms. The van der Waals surface area contributed by atoms with Crippen LogP contribution in [0, 0.1) is 6.92 Å². The van der Waals surface area contributed by atoms with Crippen LogP contribution in [0.15, 0.2) is 78.4 Å². The molecule has 0 spiro atoms. The molecule has 1 amide bonds. The molecule has 192 valence electrons. The zero-order valence-corrected chi connectivity index (χ0v) is 21.3. The Morgan fingerprint density at radius 1 is 0.946 bits per heavy atom. The Morgan fingerprint density at radius 2 is 1.68 bits per heavy atom. The number of rotatable bonds is 10. The van der Waals surface area contributed by atoms with Crippen molar-refractivity contribution in [3.8, 4) is 11.5 Å². The highest BCUT2D eigenvalue weighted by molar-refractivity contribution is 6.46. The van der Waals surface area contributed by atoms with E-state index < -0.39 is 17.7 Å². The Kier molecular flexibility index (Phi) is 8.25. The summed E-state index contributed by atoms with van der Waals surface area (Å²) < 4.78 is 16.6. The van der Waals surface area contributed by atoms with E-state index in [1.807, 2.05) is 49.4 Å². The number of aliphatic hydroxyl groups is 1. The summed E-state index contributed by atoms with van der Waals surface area (Å²) in [7, 11) is 3.12. The summed E-state index contributed by atoms with van der Waals surface area (Å²) in [6.45, 7) is 3.01. The molecule has 0 radical (unpaired) electrons. The number of hydrogen-bond acceptors (Lipinski definition) is 6. The van der Waals surface area contributed by atoms with Gasteiger partial charge in [0.1, 0.15) is 23.9 Å². The van der Waals surface area contributed by atoms with Crippen molar-refractivity contribution >= 4 is 17.4 Å². The Bertz CT molecular complexity index is 1300. The molecule has 0 saturated carbocycles. The summed E-state index contributed by atoms with van der Waals surface area (Å²) in [5, 5.41) is 11.4. The van der Waals surface area contributed by atoms with Crippen LogP contribution in [0.4, 0.5) is 0 Å². The van der Waals surface area contributed by atoms with Gasteiger partial charge >= 0.3 is 0 Å². The van der Waals surface area contributed by atoms with E-state index in [1.54, 1.807) is 37.4 Å². The van der Waals surface area contributed by atoms with Gasteiger partial charge in [-0.2, -0.15) is 0 Å². The molecular weight excluding hydrogens is 470 g/mol. The molecule has 1 aliphatic heterocycles. The van der Waals surface area contributed by atoms with Gasteiger partial charge in [-0.25, -0.2) is 0 Å². The van der Waals surface area contributed by atoms with E-state index in [-0.39, 0.29) is 11.3 Å². The number of ketones is 1. The van der Waals surface area contributed by atoms with Crippen molar-refractivity contribution in [2.24, 2.45) is 0 Å². The number of carbonyl (C=O) groups is 2. The molecule has 0 aromatic heterocycles. The molecule has 3 aromatic rings. The second kappa shape index (κ2) is 11.8. The fourth-order valence-corrected chi connectivity index (χ4v) is 4.56. The molecule has 1 N–H and O–H groups in total. The molecule has 0 aliphatic carbocycles. The SMILES string of the molecule is COCCCN1C(=O)C(=O)/C(=C(/O)c2ccc(OCc3ccccc3)c(C)c2)C1c1ccccc1OC. The molecule has 4 rings (SSSR count). The fourth-order valence-electron chi connectivity index (χ4n) is 4.56. The lowest BCUT2D eigenvalue weighted by molar-refractivity contribution is -0.140. The van der Waals surface area contributed by atoms with E-state index in [0.29, 0.717) is 48.8 Å². The standard InChI is InChI=1S/C30H31NO6/c1-20-18-22(14-15-24(20)37-19-21-10-5-4-6-11-21)28(32)26-27(23-12-7-8-13-25(23)36-3)31(16-9-17-35-2)30(34)29(26)33/h4-8,10-15,18,27,32H,9,16-17,19H2,1-3H3/b28-26+. The summed E-state index contributed by atoms with van der Waals surface area (Å²) in [6, 6.07) is 21.5. The first-order valence-corrected chi connectivity index (χ1v) is 12.1. The first-order valence-electron chi connectivity index (χ1n) is 12.1. The van der Waals surface area contributed by atoms with Crippen LogP contribution in [0.5, 0.6) is 11.5 Å². The third-order valence-corrected chi connectivity index (χ3v) is 6.41. The summed E-state index contributed by atoms with van der Waals surface area (Å²) in [5.74, 6) is -0.429. The van der Waals surface area contributed by atoms with Gasteiger partial charge in [0, 0.05) is 31.4 Å². The Hall–Kier alpha value is -4.10. The molecular formula is C30H31NO6. The molecule has 1 aliphatic rings. The maximum absolute atomic E-state index is 13.3. The summed E-state index contributed by atoms with van der Waals surface area (Å²) in [5.41, 5.74) is 2.92. The number of ether oxygens (including phenoxy) is 3. The van der Waals surface area contributed by atoms with Crippen LogP contribution >= 0.6 is 0 Å². The van der Waals surface area contributed by atoms with E-state index in [0.717, 1.165) is 11.1 Å². The maximum Gasteiger partial charge on any atom is 0.295 e. The second-order valence-electron chi connectivity index (χ2n) is 8.84. The summed E-state index contributed by atoms with van der Waals surface area (Å²) in [4.78, 5) is 27.8. The van der Waals surface area contributed by atoms with Crippen LogP contribution in [-0.2, 0) is 20.9 Å². The summed E-state index contributed by atoms with van der Waals surface area (Å²) >= 11 is 0. The molecule has 1 saturated heterocycles. The van der Waals surface area contributed by atoms with Crippen molar-refractivity contribution in [3.05, 3.63) is 101 Å². The first-order chi connectivity index (χ1) is 18.0. The fraction of sp³-hybridized carbons (Fsp3) is 0.267. The zero-order chi connectivity index (χ0) is 26.4. The maximum atomic E-state index is 13.3. The molecule has 3 aromatic carbocycles. The summed E-state index contributed by atoms with van der Waals surface area (Å²) in [6.07, 6.45) is 0.543. The second-order valence-corrected chi connectivity index (χ2v) is 8.84. The van der Waals surface area contributed by atoms with E-state index >= 15 is 0 Å². The predicted octanol–water partition coefficient (Wildman–Crippen LogP) is 5.04. The topological polar surface area (TPSA) is 85.3 Å². The quantitative estimate of drug-likeness (QED) is 0.181. The lowest BCUT2D eigenvalue weighted by Crippen LogP contribution is -2.31. The number of benzene rings is 3. The Balaban J connectivity index is 1.71. The minimum atomic E-state index is -0.790. The van der Waals surface area contributed by atoms with E-state index in [2.05, 4.69) is 0 Å². The van der Waals surface area contributed by atoms with Gasteiger partial charge in [-0.05, 0) is 48.7 Å². The number of hydrogen-bond donors (Lipinski definition) is 1. The highest BCUT2D eigenvalue weighted by atomic mass is 16.5. The van der Waals surface area contributed by atoms with Crippen molar-refractivity contribution in [1.82, 2.24) is 4.90 Å². The number of carbonyl (C=O) groups excluding carboxylic acids is 2. The molecule has 1 atom stereocenters. The van der Waals surface area contributed by atoms with Crippen LogP contribution in [0.1, 0.15) is 34.7 Å². The largest absolute Gasteiger partial charge is 0.507 e. The number of aliphatic hydroxyl groups excluding tert-OH is 1. The molecule has 1 fully saturated rings. The van der Waals surface area contributed by atoms with Crippen LogP contribution in [0.3, 0.4) is 0 Å². The Morgan fingerprint density at radius 3 is 2.38 bits per heavy atom. The first kappa shape index (κ1) is 26.0. The third-order valence-electron chi connectivity index (χ3n) is 6.41. The lowest BCUT2D eigenvalue weighted by Gasteiger charge is -2.26. The average Bonchev–Trinajstić information content (AvgIpc) is 3.17. The molecule has 7 nitrogen and oxygen atoms in total. The van der Waals surface area contributed by atoms with Gasteiger partial charge in [0.05, 0.1) is 18.7 Å². The smallest absolute Gasteiger partial charge is 0.295 e. The van der Waals surface area contributed by atoms with Crippen molar-refractivity contribution < 1.29 is 28.9 Å². The van der Waals surface area contributed by atoms with E-state index in [4.69, 9.17) is 14.2 Å². The van der Waals surface area contributed by atoms with Gasteiger partial charge in [-0.15, -0.1) is 0 Å². The van der Waals surface area contributed by atoms with E-state index in [9.17, 15) is 14.7 Å². The highest BCUT2D eigenvalue weighted by Crippen LogP contribution is 2.43. The number of Topliss-reactive ketones (excluding diaryl/α,β-unsaturated/α-hetero) is 1. The minimum Gasteiger partial charge on any atom is -0.507 e. The van der Waals surface area contributed by atoms with Gasteiger partial charge in [0.15, 0.2) is 0 Å². The number of para-hydroxylation sites is 1. The van der Waals surface area contributed by atoms with Gasteiger partial charge in [-0.3, -0.25) is 9.59 Å². The van der Waals surface area contributed by atoms with Gasteiger partial charge in [0.2, 0.25) is 0 Å². The van der Waals surface area contributed by atoms with Gasteiger partial charge in [-0.1, -0.05) is 48.5 Å². The number of nitrogens with zero attached hydrogens (tertiary/aromatic N) is 1. The normalized spacial score (nSPS) is 16.7. The number of likely N-dealkylation sites (tertiary alicyclic amines) is 1. The Labute approximate surface area is 216 Å². The third kappa shape index (κ3) is 5.52. The number of amides is 1. The van der Waals surface area contributed by atoms with Crippen molar-refractivity contribution in [2.75, 3.05) is 27.4 Å². The average molecular weight is 502 g/mol. The molecule has 1 heterocycles.